The number of fused-ring (bicyclic) bond motifs is 1. The average molecular weight is 542 g/mol. The van der Waals surface area contributed by atoms with E-state index in [1.54, 1.807) is 25.2 Å². The first-order chi connectivity index (χ1) is 17.6. The summed E-state index contributed by atoms with van der Waals surface area (Å²) >= 11 is 1.46. The largest absolute Gasteiger partial charge is 0.493 e. The minimum absolute atomic E-state index is 0. The third-order valence-electron chi connectivity index (χ3n) is 5.95. The molecule has 9 heteroatoms. The molecule has 0 spiro atoms. The maximum atomic E-state index is 13.8. The second-order valence-electron chi connectivity index (χ2n) is 8.10. The zero-order chi connectivity index (χ0) is 25.5. The van der Waals surface area contributed by atoms with Gasteiger partial charge in [0.2, 0.25) is 0 Å². The van der Waals surface area contributed by atoms with Crippen molar-refractivity contribution >= 4 is 45.0 Å². The van der Waals surface area contributed by atoms with Crippen LogP contribution in [-0.4, -0.2) is 56.2 Å². The van der Waals surface area contributed by atoms with Gasteiger partial charge in [0.1, 0.15) is 11.5 Å². The summed E-state index contributed by atoms with van der Waals surface area (Å²) in [5, 5.41) is 0.631. The zero-order valence-electron chi connectivity index (χ0n) is 21.5. The minimum atomic E-state index is -0.126. The van der Waals surface area contributed by atoms with E-state index in [1.165, 1.54) is 11.3 Å². The second kappa shape index (κ2) is 13.3. The minimum Gasteiger partial charge on any atom is -0.493 e. The van der Waals surface area contributed by atoms with Gasteiger partial charge in [-0.15, -0.1) is 12.4 Å². The Labute approximate surface area is 228 Å². The third-order valence-corrected chi connectivity index (χ3v) is 6.99. The van der Waals surface area contributed by atoms with Gasteiger partial charge < -0.3 is 19.1 Å². The van der Waals surface area contributed by atoms with Gasteiger partial charge >= 0.3 is 0 Å². The van der Waals surface area contributed by atoms with Crippen LogP contribution in [0.3, 0.4) is 0 Å². The molecule has 0 aliphatic carbocycles. The van der Waals surface area contributed by atoms with Crippen LogP contribution in [0.4, 0.5) is 5.13 Å². The molecule has 196 valence electrons. The molecule has 37 heavy (non-hydrogen) atoms. The topological polar surface area (TPSA) is 64.1 Å². The monoisotopic (exact) mass is 541 g/mol. The van der Waals surface area contributed by atoms with Gasteiger partial charge in [-0.1, -0.05) is 49.4 Å². The predicted molar refractivity (Wildman–Crippen MR) is 152 cm³/mol. The summed E-state index contributed by atoms with van der Waals surface area (Å²) in [6.07, 6.45) is 0. The molecule has 1 amide bonds. The molecule has 0 aliphatic heterocycles. The predicted octanol–water partition coefficient (Wildman–Crippen LogP) is 6.52. The van der Waals surface area contributed by atoms with Crippen molar-refractivity contribution in [2.75, 3.05) is 45.3 Å². The van der Waals surface area contributed by atoms with Crippen molar-refractivity contribution in [2.45, 2.75) is 13.8 Å². The first kappa shape index (κ1) is 28.2. The smallest absolute Gasteiger partial charge is 0.260 e. The van der Waals surface area contributed by atoms with E-state index < -0.39 is 0 Å². The Hall–Kier alpha value is -3.33. The highest BCUT2D eigenvalue weighted by Gasteiger charge is 2.23. The van der Waals surface area contributed by atoms with Crippen LogP contribution in [0.1, 0.15) is 24.2 Å². The Morgan fingerprint density at radius 1 is 0.865 bits per heavy atom. The van der Waals surface area contributed by atoms with Crippen molar-refractivity contribution < 1.29 is 19.0 Å². The summed E-state index contributed by atoms with van der Waals surface area (Å²) in [5.41, 5.74) is 1.30. The molecule has 0 atom stereocenters. The lowest BCUT2D eigenvalue weighted by Gasteiger charge is -2.25. The van der Waals surface area contributed by atoms with Crippen LogP contribution in [0.5, 0.6) is 23.0 Å². The van der Waals surface area contributed by atoms with Gasteiger partial charge in [0.25, 0.3) is 5.91 Å². The third kappa shape index (κ3) is 6.71. The molecule has 7 nitrogen and oxygen atoms in total. The normalized spacial score (nSPS) is 10.7. The highest BCUT2D eigenvalue weighted by molar-refractivity contribution is 7.22. The van der Waals surface area contributed by atoms with Gasteiger partial charge in [-0.3, -0.25) is 9.69 Å². The maximum Gasteiger partial charge on any atom is 0.260 e. The van der Waals surface area contributed by atoms with Crippen molar-refractivity contribution in [1.82, 2.24) is 9.88 Å². The molecule has 4 rings (SSSR count). The average Bonchev–Trinajstić information content (AvgIpc) is 3.33. The molecule has 0 unspecified atom stereocenters. The number of likely N-dealkylation sites (N-methyl/N-ethyl adjacent to an activating group) is 1. The van der Waals surface area contributed by atoms with Crippen LogP contribution < -0.4 is 19.1 Å². The SMILES string of the molecule is CCN(CC)CCN(C(=O)c1cccc(Oc2ccccc2)c1)c1nc2cc(OC)c(OC)cc2s1.Cl. The van der Waals surface area contributed by atoms with Crippen LogP contribution >= 0.6 is 23.7 Å². The van der Waals surface area contributed by atoms with E-state index in [4.69, 9.17) is 19.2 Å². The number of halogens is 1. The van der Waals surface area contributed by atoms with Crippen LogP contribution in [0.2, 0.25) is 0 Å². The standard InChI is InChI=1S/C28H31N3O4S.ClH/c1-5-30(6-2)15-16-31(28-29-23-18-24(33-3)25(34-4)19-26(23)36-28)27(32)20-11-10-14-22(17-20)35-21-12-8-7-9-13-21;/h7-14,17-19H,5-6,15-16H2,1-4H3;1H. The molecule has 0 aliphatic rings. The number of benzene rings is 3. The number of carbonyl (C=O) groups excluding carboxylic acids is 1. The van der Waals surface area contributed by atoms with Crippen LogP contribution in [-0.2, 0) is 0 Å². The van der Waals surface area contributed by atoms with Crippen molar-refractivity contribution in [1.29, 1.82) is 0 Å². The van der Waals surface area contributed by atoms with Gasteiger partial charge in [-0.25, -0.2) is 4.98 Å². The van der Waals surface area contributed by atoms with Crippen LogP contribution in [0.25, 0.3) is 10.2 Å². The maximum absolute atomic E-state index is 13.8. The van der Waals surface area contributed by atoms with E-state index in [9.17, 15) is 4.79 Å². The Kier molecular flexibility index (Phi) is 10.1. The molecule has 0 saturated carbocycles. The summed E-state index contributed by atoms with van der Waals surface area (Å²) in [4.78, 5) is 22.7. The van der Waals surface area contributed by atoms with E-state index in [1.807, 2.05) is 60.7 Å². The fourth-order valence-corrected chi connectivity index (χ4v) is 4.90. The van der Waals surface area contributed by atoms with Gasteiger partial charge in [0, 0.05) is 30.8 Å². The first-order valence-corrected chi connectivity index (χ1v) is 12.8. The van der Waals surface area contributed by atoms with E-state index in [-0.39, 0.29) is 18.3 Å². The number of carbonyl (C=O) groups is 1. The highest BCUT2D eigenvalue weighted by atomic mass is 35.5. The van der Waals surface area contributed by atoms with E-state index in [0.29, 0.717) is 34.5 Å². The number of thiazole rings is 1. The van der Waals surface area contributed by atoms with Crippen molar-refractivity contribution in [3.8, 4) is 23.0 Å². The Balaban J connectivity index is 0.00000380. The number of hydrogen-bond donors (Lipinski definition) is 0. The molecule has 0 radical (unpaired) electrons. The summed E-state index contributed by atoms with van der Waals surface area (Å²) in [6.45, 7) is 7.31. The van der Waals surface area contributed by atoms with E-state index in [0.717, 1.165) is 35.6 Å². The number of anilines is 1. The van der Waals surface area contributed by atoms with Crippen molar-refractivity contribution in [2.24, 2.45) is 0 Å². The molecule has 4 aromatic rings. The van der Waals surface area contributed by atoms with Gasteiger partial charge in [0.15, 0.2) is 16.6 Å². The molecule has 1 aromatic heterocycles. The van der Waals surface area contributed by atoms with Gasteiger partial charge in [-0.05, 0) is 43.4 Å². The van der Waals surface area contributed by atoms with Crippen molar-refractivity contribution in [3.63, 3.8) is 0 Å². The van der Waals surface area contributed by atoms with Gasteiger partial charge in [-0.2, -0.15) is 0 Å². The first-order valence-electron chi connectivity index (χ1n) is 12.0. The second-order valence-corrected chi connectivity index (χ2v) is 9.11. The number of rotatable bonds is 11. The Bertz CT molecular complexity index is 1270. The Morgan fingerprint density at radius 3 is 2.22 bits per heavy atom. The Morgan fingerprint density at radius 2 is 1.54 bits per heavy atom. The molecular weight excluding hydrogens is 510 g/mol. The number of amides is 1. The number of para-hydroxylation sites is 1. The molecule has 0 bridgehead atoms. The molecular formula is C28H32ClN3O4S. The lowest BCUT2D eigenvalue weighted by molar-refractivity contribution is 0.0983. The van der Waals surface area contributed by atoms with E-state index >= 15 is 0 Å². The number of methoxy groups -OCH3 is 2. The number of hydrogen-bond acceptors (Lipinski definition) is 7. The fraction of sp³-hybridized carbons (Fsp3) is 0.286. The fourth-order valence-electron chi connectivity index (χ4n) is 3.90. The summed E-state index contributed by atoms with van der Waals surface area (Å²) in [6, 6.07) is 20.5. The molecule has 0 N–H and O–H groups in total. The molecule has 0 fully saturated rings. The quantitative estimate of drug-likeness (QED) is 0.215. The van der Waals surface area contributed by atoms with Crippen LogP contribution in [0, 0.1) is 0 Å². The lowest BCUT2D eigenvalue weighted by Crippen LogP contribution is -2.38. The summed E-state index contributed by atoms with van der Waals surface area (Å²) in [5.74, 6) is 2.43. The summed E-state index contributed by atoms with van der Waals surface area (Å²) in [7, 11) is 3.21. The zero-order valence-corrected chi connectivity index (χ0v) is 23.1. The van der Waals surface area contributed by atoms with Crippen LogP contribution in [0.15, 0.2) is 66.7 Å². The number of nitrogens with zero attached hydrogens (tertiary/aromatic N) is 3. The van der Waals surface area contributed by atoms with Gasteiger partial charge in [0.05, 0.1) is 24.4 Å². The van der Waals surface area contributed by atoms with E-state index in [2.05, 4.69) is 18.7 Å². The molecule has 0 saturated heterocycles. The molecule has 1 heterocycles. The van der Waals surface area contributed by atoms with Crippen molar-refractivity contribution in [3.05, 3.63) is 72.3 Å². The highest BCUT2D eigenvalue weighted by Crippen LogP contribution is 2.37. The number of ether oxygens (including phenoxy) is 3. The number of aromatic nitrogens is 1. The summed E-state index contributed by atoms with van der Waals surface area (Å²) < 4.78 is 17.8. The lowest BCUT2D eigenvalue weighted by atomic mass is 10.2. The molecule has 3 aromatic carbocycles.